The van der Waals surface area contributed by atoms with Gasteiger partial charge in [0.05, 0.1) is 0 Å². The Morgan fingerprint density at radius 3 is 2.56 bits per heavy atom. The predicted octanol–water partition coefficient (Wildman–Crippen LogP) is 3.92. The maximum absolute atomic E-state index is 14.2. The summed E-state index contributed by atoms with van der Waals surface area (Å²) in [5, 5.41) is 5.10. The molecule has 94 valence electrons. The van der Waals surface area contributed by atoms with Crippen LogP contribution in [0.25, 0.3) is 10.8 Å². The average Bonchev–Trinajstić information content (AvgIpc) is 2.61. The van der Waals surface area contributed by atoms with Gasteiger partial charge in [-0.15, -0.1) is 0 Å². The first-order valence-electron chi connectivity index (χ1n) is 6.43. The van der Waals surface area contributed by atoms with E-state index in [0.717, 1.165) is 22.8 Å². The lowest BCUT2D eigenvalue weighted by Crippen LogP contribution is -2.17. The molecule has 0 spiro atoms. The first-order chi connectivity index (χ1) is 8.54. The molecule has 0 bridgehead atoms. The van der Waals surface area contributed by atoms with Crippen LogP contribution in [0.2, 0.25) is 0 Å². The van der Waals surface area contributed by atoms with E-state index in [2.05, 4.69) is 19.2 Å². The van der Waals surface area contributed by atoms with Crippen LogP contribution in [0.4, 0.5) is 4.39 Å². The van der Waals surface area contributed by atoms with Crippen LogP contribution in [0.3, 0.4) is 0 Å². The zero-order chi connectivity index (χ0) is 12.9. The van der Waals surface area contributed by atoms with Crippen molar-refractivity contribution in [3.05, 3.63) is 47.3 Å². The highest BCUT2D eigenvalue weighted by Crippen LogP contribution is 2.48. The molecule has 1 nitrogen and oxygen atoms in total. The molecule has 1 aliphatic rings. The Morgan fingerprint density at radius 1 is 1.22 bits per heavy atom. The zero-order valence-corrected chi connectivity index (χ0v) is 11.0. The highest BCUT2D eigenvalue weighted by atomic mass is 19.1. The van der Waals surface area contributed by atoms with Crippen molar-refractivity contribution in [2.45, 2.75) is 31.7 Å². The second kappa shape index (κ2) is 3.79. The summed E-state index contributed by atoms with van der Waals surface area (Å²) in [6.07, 6.45) is 1.02. The van der Waals surface area contributed by atoms with Gasteiger partial charge in [-0.25, -0.2) is 4.39 Å². The molecular weight excluding hydrogens is 225 g/mol. The fourth-order valence-corrected chi connectivity index (χ4v) is 3.36. The number of fused-ring (bicyclic) bond motifs is 3. The van der Waals surface area contributed by atoms with E-state index in [-0.39, 0.29) is 17.3 Å². The van der Waals surface area contributed by atoms with Crippen molar-refractivity contribution >= 4 is 10.8 Å². The van der Waals surface area contributed by atoms with Crippen LogP contribution in [0.5, 0.6) is 0 Å². The number of hydrogen-bond acceptors (Lipinski definition) is 1. The van der Waals surface area contributed by atoms with Gasteiger partial charge in [0.15, 0.2) is 0 Å². The molecule has 18 heavy (non-hydrogen) atoms. The molecule has 0 aromatic heterocycles. The molecule has 0 radical (unpaired) electrons. The summed E-state index contributed by atoms with van der Waals surface area (Å²) >= 11 is 0. The van der Waals surface area contributed by atoms with Crippen molar-refractivity contribution in [1.29, 1.82) is 0 Å². The third kappa shape index (κ3) is 1.49. The lowest BCUT2D eigenvalue weighted by molar-refractivity contribution is 0.448. The monoisotopic (exact) mass is 243 g/mol. The van der Waals surface area contributed by atoms with E-state index in [0.29, 0.717) is 0 Å². The zero-order valence-electron chi connectivity index (χ0n) is 11.0. The van der Waals surface area contributed by atoms with Gasteiger partial charge in [-0.2, -0.15) is 0 Å². The topological polar surface area (TPSA) is 12.0 Å². The molecule has 0 saturated heterocycles. The van der Waals surface area contributed by atoms with Crippen molar-refractivity contribution in [3.8, 4) is 0 Å². The van der Waals surface area contributed by atoms with Gasteiger partial charge in [0.25, 0.3) is 0 Å². The van der Waals surface area contributed by atoms with E-state index in [1.165, 1.54) is 5.56 Å². The van der Waals surface area contributed by atoms with E-state index in [9.17, 15) is 4.39 Å². The summed E-state index contributed by atoms with van der Waals surface area (Å²) in [5.41, 5.74) is 2.52. The van der Waals surface area contributed by atoms with Gasteiger partial charge in [0, 0.05) is 11.4 Å². The lowest BCUT2D eigenvalue weighted by Gasteiger charge is -2.21. The molecule has 1 unspecified atom stereocenters. The van der Waals surface area contributed by atoms with Crippen LogP contribution >= 0.6 is 0 Å². The van der Waals surface area contributed by atoms with Crippen LogP contribution in [-0.4, -0.2) is 7.05 Å². The fourth-order valence-electron chi connectivity index (χ4n) is 3.36. The molecule has 2 aromatic carbocycles. The summed E-state index contributed by atoms with van der Waals surface area (Å²) < 4.78 is 14.2. The molecule has 0 fully saturated rings. The van der Waals surface area contributed by atoms with Crippen LogP contribution in [-0.2, 0) is 5.41 Å². The van der Waals surface area contributed by atoms with Gasteiger partial charge in [-0.05, 0) is 41.5 Å². The van der Waals surface area contributed by atoms with Gasteiger partial charge in [0.2, 0.25) is 0 Å². The Labute approximate surface area is 107 Å². The van der Waals surface area contributed by atoms with Gasteiger partial charge < -0.3 is 5.32 Å². The van der Waals surface area contributed by atoms with Crippen molar-refractivity contribution < 1.29 is 4.39 Å². The number of hydrogen-bond donors (Lipinski definition) is 1. The van der Waals surface area contributed by atoms with Crippen molar-refractivity contribution in [1.82, 2.24) is 5.32 Å². The quantitative estimate of drug-likeness (QED) is 0.800. The molecule has 1 N–H and O–H groups in total. The minimum Gasteiger partial charge on any atom is -0.313 e. The Hall–Kier alpha value is -1.41. The SMILES string of the molecule is CNC1CC(C)(C)c2c1cc(F)c1ccccc21. The van der Waals surface area contributed by atoms with Crippen LogP contribution in [0, 0.1) is 5.82 Å². The van der Waals surface area contributed by atoms with E-state index in [1.54, 1.807) is 6.07 Å². The predicted molar refractivity (Wildman–Crippen MR) is 73.3 cm³/mol. The van der Waals surface area contributed by atoms with Gasteiger partial charge in [0.1, 0.15) is 5.82 Å². The van der Waals surface area contributed by atoms with E-state index in [4.69, 9.17) is 0 Å². The van der Waals surface area contributed by atoms with Crippen molar-refractivity contribution in [2.24, 2.45) is 0 Å². The van der Waals surface area contributed by atoms with Crippen molar-refractivity contribution in [3.63, 3.8) is 0 Å². The molecule has 1 atom stereocenters. The smallest absolute Gasteiger partial charge is 0.131 e. The third-order valence-electron chi connectivity index (χ3n) is 4.14. The first-order valence-corrected chi connectivity index (χ1v) is 6.43. The molecule has 0 heterocycles. The van der Waals surface area contributed by atoms with E-state index >= 15 is 0 Å². The third-order valence-corrected chi connectivity index (χ3v) is 4.14. The summed E-state index contributed by atoms with van der Waals surface area (Å²) in [7, 11) is 1.95. The number of halogens is 1. The largest absolute Gasteiger partial charge is 0.313 e. The van der Waals surface area contributed by atoms with Gasteiger partial charge in [-0.1, -0.05) is 38.1 Å². The lowest BCUT2D eigenvalue weighted by atomic mass is 9.83. The minimum atomic E-state index is -0.109. The van der Waals surface area contributed by atoms with Crippen LogP contribution in [0.1, 0.15) is 37.4 Å². The molecule has 2 heteroatoms. The fraction of sp³-hybridized carbons (Fsp3) is 0.375. The average molecular weight is 243 g/mol. The van der Waals surface area contributed by atoms with E-state index < -0.39 is 0 Å². The van der Waals surface area contributed by atoms with Gasteiger partial charge >= 0.3 is 0 Å². The molecule has 2 aromatic rings. The minimum absolute atomic E-state index is 0.0936. The van der Waals surface area contributed by atoms with Crippen LogP contribution < -0.4 is 5.32 Å². The highest BCUT2D eigenvalue weighted by Gasteiger charge is 2.38. The Morgan fingerprint density at radius 2 is 1.89 bits per heavy atom. The number of benzene rings is 2. The number of nitrogens with one attached hydrogen (secondary N) is 1. The molecule has 3 rings (SSSR count). The Kier molecular flexibility index (Phi) is 2.46. The molecule has 1 aliphatic carbocycles. The summed E-state index contributed by atoms with van der Waals surface area (Å²) in [6, 6.07) is 9.77. The van der Waals surface area contributed by atoms with Crippen LogP contribution in [0.15, 0.2) is 30.3 Å². The van der Waals surface area contributed by atoms with Gasteiger partial charge in [-0.3, -0.25) is 0 Å². The summed E-state index contributed by atoms with van der Waals surface area (Å²) in [5.74, 6) is -0.109. The standard InChI is InChI=1S/C16H18FN/c1-16(2)9-14(18-3)12-8-13(17)10-6-4-5-7-11(10)15(12)16/h4-8,14,18H,9H2,1-3H3. The Balaban J connectivity index is 2.41. The van der Waals surface area contributed by atoms with E-state index in [1.807, 2.05) is 31.3 Å². The highest BCUT2D eigenvalue weighted by molar-refractivity contribution is 5.89. The normalized spacial score (nSPS) is 21.2. The summed E-state index contributed by atoms with van der Waals surface area (Å²) in [6.45, 7) is 4.49. The van der Waals surface area contributed by atoms with Crippen molar-refractivity contribution in [2.75, 3.05) is 7.05 Å². The summed E-state index contributed by atoms with van der Waals surface area (Å²) in [4.78, 5) is 0. The molecule has 0 amide bonds. The first kappa shape index (κ1) is 11.7. The molecule has 0 aliphatic heterocycles. The second-order valence-electron chi connectivity index (χ2n) is 5.80. The maximum Gasteiger partial charge on any atom is 0.131 e. The number of rotatable bonds is 1. The second-order valence-corrected chi connectivity index (χ2v) is 5.80. The Bertz CT molecular complexity index is 616. The molecule has 0 saturated carbocycles. The molecular formula is C16H18FN. The maximum atomic E-state index is 14.2.